The highest BCUT2D eigenvalue weighted by atomic mass is 32.2. The predicted molar refractivity (Wildman–Crippen MR) is 85.2 cm³/mol. The summed E-state index contributed by atoms with van der Waals surface area (Å²) in [6, 6.07) is 10.5. The Labute approximate surface area is 126 Å². The minimum atomic E-state index is 0.586. The van der Waals surface area contributed by atoms with E-state index >= 15 is 0 Å². The molecule has 1 aromatic carbocycles. The summed E-state index contributed by atoms with van der Waals surface area (Å²) in [6.45, 7) is 3.88. The summed E-state index contributed by atoms with van der Waals surface area (Å²) in [5.41, 5.74) is 1.53. The number of likely N-dealkylation sites (tertiary alicyclic amines) is 1. The molecule has 1 saturated carbocycles. The monoisotopic (exact) mass is 288 g/mol. The lowest BCUT2D eigenvalue weighted by Crippen LogP contribution is -2.31. The highest BCUT2D eigenvalue weighted by Gasteiger charge is 2.34. The van der Waals surface area contributed by atoms with Gasteiger partial charge in [-0.15, -0.1) is 11.8 Å². The Morgan fingerprint density at radius 2 is 2.05 bits per heavy atom. The first-order valence-electron chi connectivity index (χ1n) is 8.09. The summed E-state index contributed by atoms with van der Waals surface area (Å²) in [7, 11) is 0. The van der Waals surface area contributed by atoms with Crippen LogP contribution in [0.4, 0.5) is 0 Å². The second kappa shape index (κ2) is 5.70. The molecule has 0 aromatic heterocycles. The molecular weight excluding hydrogens is 264 g/mol. The van der Waals surface area contributed by atoms with Crippen LogP contribution in [0.2, 0.25) is 0 Å². The Balaban J connectivity index is 1.34. The van der Waals surface area contributed by atoms with Crippen molar-refractivity contribution in [3.63, 3.8) is 0 Å². The Kier molecular flexibility index (Phi) is 3.76. The van der Waals surface area contributed by atoms with Gasteiger partial charge < -0.3 is 10.2 Å². The maximum absolute atomic E-state index is 3.86. The minimum Gasteiger partial charge on any atom is -0.310 e. The van der Waals surface area contributed by atoms with E-state index in [1.54, 1.807) is 0 Å². The smallest absolute Gasteiger partial charge is 0.0339 e. The standard InChI is InChI=1S/C17H24N2S/c1-2-4-17-15(3-1)16(8-10-20-17)18-11-13-7-9-19(12-13)14-5-6-14/h1-4,13-14,16,18H,5-12H2. The molecule has 1 N–H and O–H groups in total. The maximum atomic E-state index is 3.86. The average Bonchev–Trinajstić information content (AvgIpc) is 3.24. The molecule has 2 atom stereocenters. The zero-order valence-corrected chi connectivity index (χ0v) is 12.9. The van der Waals surface area contributed by atoms with Gasteiger partial charge in [0.05, 0.1) is 0 Å². The van der Waals surface area contributed by atoms with E-state index in [0.717, 1.165) is 12.0 Å². The molecule has 20 heavy (non-hydrogen) atoms. The van der Waals surface area contributed by atoms with Gasteiger partial charge in [-0.25, -0.2) is 0 Å². The van der Waals surface area contributed by atoms with E-state index in [1.807, 2.05) is 11.8 Å². The van der Waals surface area contributed by atoms with Gasteiger partial charge in [0.25, 0.3) is 0 Å². The normalized spacial score (nSPS) is 30.4. The van der Waals surface area contributed by atoms with Gasteiger partial charge >= 0.3 is 0 Å². The Hall–Kier alpha value is -0.510. The molecule has 3 heteroatoms. The fourth-order valence-corrected chi connectivity index (χ4v) is 4.79. The van der Waals surface area contributed by atoms with E-state index in [0.29, 0.717) is 6.04 Å². The lowest BCUT2D eigenvalue weighted by atomic mass is 10.0. The van der Waals surface area contributed by atoms with Crippen molar-refractivity contribution in [3.05, 3.63) is 29.8 Å². The van der Waals surface area contributed by atoms with Gasteiger partial charge in [-0.1, -0.05) is 18.2 Å². The summed E-state index contributed by atoms with van der Waals surface area (Å²) in [5, 5.41) is 3.86. The second-order valence-corrected chi connectivity index (χ2v) is 7.65. The highest BCUT2D eigenvalue weighted by molar-refractivity contribution is 7.99. The molecule has 2 nitrogen and oxygen atoms in total. The lowest BCUT2D eigenvalue weighted by molar-refractivity contribution is 0.308. The van der Waals surface area contributed by atoms with Crippen LogP contribution in [0.5, 0.6) is 0 Å². The number of nitrogens with one attached hydrogen (secondary N) is 1. The SMILES string of the molecule is c1ccc2c(c1)SCCC2NCC1CCN(C2CC2)C1. The molecule has 3 aliphatic rings. The number of hydrogen-bond donors (Lipinski definition) is 1. The van der Waals surface area contributed by atoms with Gasteiger partial charge in [0.1, 0.15) is 0 Å². The van der Waals surface area contributed by atoms with Gasteiger partial charge in [0.15, 0.2) is 0 Å². The number of fused-ring (bicyclic) bond motifs is 1. The van der Waals surface area contributed by atoms with Crippen molar-refractivity contribution in [1.82, 2.24) is 10.2 Å². The zero-order valence-electron chi connectivity index (χ0n) is 12.1. The summed E-state index contributed by atoms with van der Waals surface area (Å²) >= 11 is 2.01. The van der Waals surface area contributed by atoms with E-state index in [2.05, 4.69) is 34.5 Å². The lowest BCUT2D eigenvalue weighted by Gasteiger charge is -2.27. The van der Waals surface area contributed by atoms with E-state index in [-0.39, 0.29) is 0 Å². The second-order valence-electron chi connectivity index (χ2n) is 6.52. The van der Waals surface area contributed by atoms with Crippen LogP contribution in [-0.2, 0) is 0 Å². The molecule has 1 aromatic rings. The van der Waals surface area contributed by atoms with Crippen LogP contribution in [-0.4, -0.2) is 36.3 Å². The summed E-state index contributed by atoms with van der Waals surface area (Å²) in [5.74, 6) is 2.13. The molecule has 2 fully saturated rings. The van der Waals surface area contributed by atoms with Crippen molar-refractivity contribution < 1.29 is 0 Å². The minimum absolute atomic E-state index is 0.586. The molecule has 0 amide bonds. The van der Waals surface area contributed by atoms with Crippen LogP contribution in [0.1, 0.15) is 37.3 Å². The maximum Gasteiger partial charge on any atom is 0.0339 e. The van der Waals surface area contributed by atoms with E-state index in [1.165, 1.54) is 61.5 Å². The summed E-state index contributed by atoms with van der Waals surface area (Å²) < 4.78 is 0. The quantitative estimate of drug-likeness (QED) is 0.915. The van der Waals surface area contributed by atoms with Crippen molar-refractivity contribution in [3.8, 4) is 0 Å². The summed E-state index contributed by atoms with van der Waals surface area (Å²) in [4.78, 5) is 4.21. The largest absolute Gasteiger partial charge is 0.310 e. The third-order valence-corrected chi connectivity index (χ3v) is 6.11. The van der Waals surface area contributed by atoms with Crippen molar-refractivity contribution in [2.75, 3.05) is 25.4 Å². The molecule has 0 spiro atoms. The molecule has 108 valence electrons. The molecule has 0 radical (unpaired) electrons. The topological polar surface area (TPSA) is 15.3 Å². The molecule has 4 rings (SSSR count). The van der Waals surface area contributed by atoms with E-state index in [4.69, 9.17) is 0 Å². The first-order chi connectivity index (χ1) is 9.90. The van der Waals surface area contributed by atoms with Crippen molar-refractivity contribution in [1.29, 1.82) is 0 Å². The molecule has 0 bridgehead atoms. The van der Waals surface area contributed by atoms with E-state index < -0.39 is 0 Å². The predicted octanol–water partition coefficient (Wildman–Crippen LogP) is 3.30. The zero-order chi connectivity index (χ0) is 13.4. The van der Waals surface area contributed by atoms with Crippen molar-refractivity contribution in [2.24, 2.45) is 5.92 Å². The number of nitrogens with zero attached hydrogens (tertiary/aromatic N) is 1. The van der Waals surface area contributed by atoms with Crippen molar-refractivity contribution in [2.45, 2.75) is 42.7 Å². The van der Waals surface area contributed by atoms with Gasteiger partial charge in [0.2, 0.25) is 0 Å². The van der Waals surface area contributed by atoms with Gasteiger partial charge in [-0.2, -0.15) is 0 Å². The Morgan fingerprint density at radius 3 is 2.95 bits per heavy atom. The number of thioether (sulfide) groups is 1. The molecular formula is C17H24N2S. The third kappa shape index (κ3) is 2.76. The first kappa shape index (κ1) is 13.2. The van der Waals surface area contributed by atoms with Crippen LogP contribution in [0.15, 0.2) is 29.2 Å². The van der Waals surface area contributed by atoms with Gasteiger partial charge in [-0.3, -0.25) is 0 Å². The van der Waals surface area contributed by atoms with E-state index in [9.17, 15) is 0 Å². The van der Waals surface area contributed by atoms with Crippen LogP contribution in [0.25, 0.3) is 0 Å². The van der Waals surface area contributed by atoms with Crippen LogP contribution in [0, 0.1) is 5.92 Å². The molecule has 2 aliphatic heterocycles. The van der Waals surface area contributed by atoms with Crippen LogP contribution < -0.4 is 5.32 Å². The summed E-state index contributed by atoms with van der Waals surface area (Å²) in [6.07, 6.45) is 5.58. The number of benzene rings is 1. The fourth-order valence-electron chi connectivity index (χ4n) is 3.66. The third-order valence-electron chi connectivity index (χ3n) is 4.99. The van der Waals surface area contributed by atoms with Gasteiger partial charge in [0, 0.05) is 23.5 Å². The number of hydrogen-bond acceptors (Lipinski definition) is 3. The molecule has 1 saturated heterocycles. The highest BCUT2D eigenvalue weighted by Crippen LogP contribution is 2.36. The first-order valence-corrected chi connectivity index (χ1v) is 9.08. The molecule has 2 unspecified atom stereocenters. The average molecular weight is 288 g/mol. The van der Waals surface area contributed by atoms with Crippen LogP contribution >= 0.6 is 11.8 Å². The Morgan fingerprint density at radius 1 is 1.15 bits per heavy atom. The Bertz CT molecular complexity index is 472. The van der Waals surface area contributed by atoms with Crippen LogP contribution in [0.3, 0.4) is 0 Å². The fraction of sp³-hybridized carbons (Fsp3) is 0.647. The van der Waals surface area contributed by atoms with Gasteiger partial charge in [-0.05, 0) is 62.1 Å². The molecule has 2 heterocycles. The number of rotatable bonds is 4. The van der Waals surface area contributed by atoms with Crippen molar-refractivity contribution >= 4 is 11.8 Å². The molecule has 1 aliphatic carbocycles.